The van der Waals surface area contributed by atoms with Crippen LogP contribution >= 0.6 is 0 Å². The van der Waals surface area contributed by atoms with Crippen LogP contribution in [-0.4, -0.2) is 23.0 Å². The number of nitrogens with one attached hydrogen (secondary N) is 1. The van der Waals surface area contributed by atoms with Crippen LogP contribution in [0, 0.1) is 0 Å². The smallest absolute Gasteiger partial charge is 0.350 e. The first-order valence-electron chi connectivity index (χ1n) is 6.52. The number of hydrogen-bond acceptors (Lipinski definition) is 5. The van der Waals surface area contributed by atoms with Gasteiger partial charge in [0.1, 0.15) is 11.3 Å². The Morgan fingerprint density at radius 1 is 1.18 bits per heavy atom. The van der Waals surface area contributed by atoms with Gasteiger partial charge in [-0.3, -0.25) is 4.79 Å². The van der Waals surface area contributed by atoms with Crippen molar-refractivity contribution in [2.75, 3.05) is 7.11 Å². The molecule has 2 aromatic heterocycles. The number of aromatic amines is 1. The minimum Gasteiger partial charge on any atom is -0.495 e. The molecule has 0 fully saturated rings. The second-order valence-corrected chi connectivity index (χ2v) is 4.47. The Bertz CT molecular complexity index is 888. The van der Waals surface area contributed by atoms with Crippen LogP contribution in [0.2, 0.25) is 0 Å². The molecule has 22 heavy (non-hydrogen) atoms. The van der Waals surface area contributed by atoms with Crippen molar-refractivity contribution in [2.24, 2.45) is 0 Å². The molecule has 3 aromatic rings. The molecular weight excluding hydrogens is 284 g/mol. The lowest BCUT2D eigenvalue weighted by atomic mass is 10.1. The molecule has 1 aromatic carbocycles. The number of fused-ring (bicyclic) bond motifs is 1. The number of para-hydroxylation sites is 1. The van der Waals surface area contributed by atoms with Crippen LogP contribution in [0.5, 0.6) is 11.6 Å². The van der Waals surface area contributed by atoms with E-state index in [1.54, 1.807) is 30.3 Å². The first kappa shape index (κ1) is 13.8. The van der Waals surface area contributed by atoms with Gasteiger partial charge in [-0.1, -0.05) is 12.1 Å². The van der Waals surface area contributed by atoms with E-state index in [0.717, 1.165) is 0 Å². The van der Waals surface area contributed by atoms with Gasteiger partial charge in [0.05, 0.1) is 18.0 Å². The topological polar surface area (TPSA) is 81.3 Å². The summed E-state index contributed by atoms with van der Waals surface area (Å²) >= 11 is 0. The Labute approximate surface area is 125 Å². The second-order valence-electron chi connectivity index (χ2n) is 4.47. The maximum absolute atomic E-state index is 12.4. The molecule has 6 nitrogen and oxygen atoms in total. The molecule has 0 atom stereocenters. The average molecular weight is 296 g/mol. The maximum atomic E-state index is 12.4. The van der Waals surface area contributed by atoms with Gasteiger partial charge in [0.15, 0.2) is 0 Å². The predicted molar refractivity (Wildman–Crippen MR) is 80.3 cm³/mol. The van der Waals surface area contributed by atoms with E-state index in [9.17, 15) is 9.59 Å². The normalized spacial score (nSPS) is 10.4. The highest BCUT2D eigenvalue weighted by molar-refractivity contribution is 5.95. The van der Waals surface area contributed by atoms with E-state index in [4.69, 9.17) is 9.47 Å². The van der Waals surface area contributed by atoms with Crippen molar-refractivity contribution in [2.45, 2.75) is 0 Å². The van der Waals surface area contributed by atoms with Gasteiger partial charge in [-0.2, -0.15) is 0 Å². The SMILES string of the molecule is COc1cccc2c(=O)c(C(=O)Oc3ccccn3)c[nH]c12. The Morgan fingerprint density at radius 2 is 2.05 bits per heavy atom. The average Bonchev–Trinajstić information content (AvgIpc) is 2.55. The van der Waals surface area contributed by atoms with E-state index in [1.807, 2.05) is 0 Å². The second kappa shape index (κ2) is 5.69. The van der Waals surface area contributed by atoms with Gasteiger partial charge >= 0.3 is 5.97 Å². The Kier molecular flexibility index (Phi) is 3.57. The molecule has 0 bridgehead atoms. The zero-order chi connectivity index (χ0) is 15.5. The molecular formula is C16H12N2O4. The van der Waals surface area contributed by atoms with Gasteiger partial charge < -0.3 is 14.5 Å². The summed E-state index contributed by atoms with van der Waals surface area (Å²) in [5.41, 5.74) is 0.0179. The van der Waals surface area contributed by atoms with Crippen LogP contribution < -0.4 is 14.9 Å². The van der Waals surface area contributed by atoms with Crippen LogP contribution in [0.3, 0.4) is 0 Å². The minimum absolute atomic E-state index is 0.0913. The first-order chi connectivity index (χ1) is 10.7. The number of rotatable bonds is 3. The zero-order valence-corrected chi connectivity index (χ0v) is 11.7. The Hall–Kier alpha value is -3.15. The fourth-order valence-corrected chi connectivity index (χ4v) is 2.10. The van der Waals surface area contributed by atoms with Gasteiger partial charge in [-0.25, -0.2) is 9.78 Å². The van der Waals surface area contributed by atoms with E-state index >= 15 is 0 Å². The monoisotopic (exact) mass is 296 g/mol. The van der Waals surface area contributed by atoms with E-state index in [0.29, 0.717) is 16.7 Å². The number of H-pyrrole nitrogens is 1. The Morgan fingerprint density at radius 3 is 2.77 bits per heavy atom. The highest BCUT2D eigenvalue weighted by atomic mass is 16.5. The molecule has 0 radical (unpaired) electrons. The maximum Gasteiger partial charge on any atom is 0.350 e. The molecule has 3 rings (SSSR count). The molecule has 0 aliphatic carbocycles. The van der Waals surface area contributed by atoms with E-state index in [1.165, 1.54) is 25.6 Å². The number of ether oxygens (including phenoxy) is 2. The summed E-state index contributed by atoms with van der Waals surface area (Å²) in [6, 6.07) is 9.95. The predicted octanol–water partition coefficient (Wildman–Crippen LogP) is 2.15. The molecule has 2 heterocycles. The number of aromatic nitrogens is 2. The summed E-state index contributed by atoms with van der Waals surface area (Å²) in [4.78, 5) is 31.3. The summed E-state index contributed by atoms with van der Waals surface area (Å²) in [5, 5.41) is 0.356. The van der Waals surface area contributed by atoms with E-state index in [2.05, 4.69) is 9.97 Å². The molecule has 1 N–H and O–H groups in total. The van der Waals surface area contributed by atoms with Crippen LogP contribution in [0.1, 0.15) is 10.4 Å². The van der Waals surface area contributed by atoms with Crippen molar-refractivity contribution in [1.82, 2.24) is 9.97 Å². The molecule has 0 aliphatic heterocycles. The number of hydrogen-bond donors (Lipinski definition) is 1. The van der Waals surface area contributed by atoms with Gasteiger partial charge in [-0.05, 0) is 18.2 Å². The first-order valence-corrected chi connectivity index (χ1v) is 6.52. The lowest BCUT2D eigenvalue weighted by Crippen LogP contribution is -2.20. The zero-order valence-electron chi connectivity index (χ0n) is 11.7. The van der Waals surface area contributed by atoms with Gasteiger partial charge in [0.2, 0.25) is 11.3 Å². The van der Waals surface area contributed by atoms with Crippen molar-refractivity contribution in [3.05, 3.63) is 64.6 Å². The van der Waals surface area contributed by atoms with Crippen molar-refractivity contribution in [1.29, 1.82) is 0 Å². The summed E-state index contributed by atoms with van der Waals surface area (Å²) in [7, 11) is 1.51. The van der Waals surface area contributed by atoms with E-state index < -0.39 is 11.4 Å². The lowest BCUT2D eigenvalue weighted by molar-refractivity contribution is 0.0726. The van der Waals surface area contributed by atoms with Crippen molar-refractivity contribution in [3.8, 4) is 11.6 Å². The van der Waals surface area contributed by atoms with Crippen LogP contribution in [0.25, 0.3) is 10.9 Å². The number of carbonyl (C=O) groups is 1. The molecule has 0 saturated heterocycles. The number of pyridine rings is 2. The van der Waals surface area contributed by atoms with Crippen molar-refractivity contribution < 1.29 is 14.3 Å². The highest BCUT2D eigenvalue weighted by Crippen LogP contribution is 2.21. The molecule has 0 aliphatic rings. The summed E-state index contributed by atoms with van der Waals surface area (Å²) in [6.45, 7) is 0. The quantitative estimate of drug-likeness (QED) is 0.749. The lowest BCUT2D eigenvalue weighted by Gasteiger charge is -2.07. The highest BCUT2D eigenvalue weighted by Gasteiger charge is 2.16. The van der Waals surface area contributed by atoms with Gasteiger partial charge in [0, 0.05) is 18.5 Å². The van der Waals surface area contributed by atoms with Gasteiger partial charge in [-0.15, -0.1) is 0 Å². The minimum atomic E-state index is -0.760. The third-order valence-electron chi connectivity index (χ3n) is 3.15. The number of nitrogens with zero attached hydrogens (tertiary/aromatic N) is 1. The molecule has 0 spiro atoms. The fraction of sp³-hybridized carbons (Fsp3) is 0.0625. The third kappa shape index (κ3) is 2.42. The molecule has 110 valence electrons. The number of carbonyl (C=O) groups excluding carboxylic acids is 1. The standard InChI is InChI=1S/C16H12N2O4/c1-21-12-6-4-5-10-14(12)18-9-11(15(10)19)16(20)22-13-7-2-3-8-17-13/h2-9H,1H3,(H,18,19). The van der Waals surface area contributed by atoms with Crippen LogP contribution in [-0.2, 0) is 0 Å². The molecule has 0 amide bonds. The van der Waals surface area contributed by atoms with Crippen LogP contribution in [0.4, 0.5) is 0 Å². The molecule has 0 unspecified atom stereocenters. The van der Waals surface area contributed by atoms with Gasteiger partial charge in [0.25, 0.3) is 0 Å². The molecule has 6 heteroatoms. The summed E-state index contributed by atoms with van der Waals surface area (Å²) < 4.78 is 10.3. The number of benzene rings is 1. The molecule has 0 saturated carbocycles. The Balaban J connectivity index is 2.03. The van der Waals surface area contributed by atoms with Crippen molar-refractivity contribution >= 4 is 16.9 Å². The summed E-state index contributed by atoms with van der Waals surface area (Å²) in [6.07, 6.45) is 2.82. The fourth-order valence-electron chi connectivity index (χ4n) is 2.10. The number of methoxy groups -OCH3 is 1. The third-order valence-corrected chi connectivity index (χ3v) is 3.15. The van der Waals surface area contributed by atoms with Crippen molar-refractivity contribution in [3.63, 3.8) is 0 Å². The summed E-state index contributed by atoms with van der Waals surface area (Å²) in [5.74, 6) is -0.0958. The largest absolute Gasteiger partial charge is 0.495 e. The number of esters is 1. The van der Waals surface area contributed by atoms with Crippen LogP contribution in [0.15, 0.2) is 53.6 Å². The van der Waals surface area contributed by atoms with E-state index in [-0.39, 0.29) is 11.4 Å².